The molecule has 0 heterocycles. The lowest BCUT2D eigenvalue weighted by Crippen LogP contribution is -2.52. The van der Waals surface area contributed by atoms with E-state index in [-0.39, 0.29) is 17.3 Å². The molecule has 0 saturated carbocycles. The molecule has 0 saturated heterocycles. The molecule has 7 nitrogen and oxygen atoms in total. The van der Waals surface area contributed by atoms with Crippen LogP contribution in [0.25, 0.3) is 0 Å². The monoisotopic (exact) mass is 583 g/mol. The number of carbonyl (C=O) groups excluding carboxylic acids is 2. The van der Waals surface area contributed by atoms with Crippen LogP contribution in [0, 0.1) is 13.8 Å². The van der Waals surface area contributed by atoms with Crippen LogP contribution in [-0.4, -0.2) is 44.3 Å². The third-order valence-corrected chi connectivity index (χ3v) is 8.73. The molecule has 1 atom stereocenters. The zero-order chi connectivity index (χ0) is 29.3. The van der Waals surface area contributed by atoms with Crippen LogP contribution in [-0.2, 0) is 26.2 Å². The van der Waals surface area contributed by atoms with Crippen molar-refractivity contribution in [1.29, 1.82) is 0 Å². The van der Waals surface area contributed by atoms with E-state index in [1.54, 1.807) is 24.3 Å². The summed E-state index contributed by atoms with van der Waals surface area (Å²) in [6.07, 6.45) is 2.13. The maximum Gasteiger partial charge on any atom is 0.264 e. The maximum atomic E-state index is 14.1. The van der Waals surface area contributed by atoms with Crippen molar-refractivity contribution in [2.24, 2.45) is 0 Å². The molecule has 0 aromatic heterocycles. The Morgan fingerprint density at radius 3 is 2.00 bits per heavy atom. The van der Waals surface area contributed by atoms with E-state index in [0.29, 0.717) is 23.7 Å². The topological polar surface area (TPSA) is 86.8 Å². The lowest BCUT2D eigenvalue weighted by molar-refractivity contribution is -0.140. The number of amides is 2. The molecule has 0 fully saturated rings. The highest BCUT2D eigenvalue weighted by atomic mass is 35.5. The number of rotatable bonds is 13. The fraction of sp³-hybridized carbons (Fsp3) is 0.355. The van der Waals surface area contributed by atoms with Crippen LogP contribution >= 0.6 is 11.6 Å². The first-order chi connectivity index (χ1) is 19.1. The molecule has 3 rings (SSSR count). The highest BCUT2D eigenvalue weighted by Crippen LogP contribution is 2.26. The molecule has 3 aromatic carbocycles. The van der Waals surface area contributed by atoms with Crippen LogP contribution in [0.4, 0.5) is 5.69 Å². The summed E-state index contributed by atoms with van der Waals surface area (Å²) >= 11 is 6.01. The molecule has 0 aliphatic rings. The second kappa shape index (κ2) is 14.3. The molecule has 3 aromatic rings. The number of aryl methyl sites for hydroxylation is 2. The molecule has 0 spiro atoms. The van der Waals surface area contributed by atoms with Gasteiger partial charge in [-0.3, -0.25) is 13.9 Å². The highest BCUT2D eigenvalue weighted by molar-refractivity contribution is 7.92. The summed E-state index contributed by atoms with van der Waals surface area (Å²) in [7, 11) is -4.13. The smallest absolute Gasteiger partial charge is 0.264 e. The van der Waals surface area contributed by atoms with Gasteiger partial charge in [0.2, 0.25) is 11.8 Å². The Balaban J connectivity index is 2.02. The molecule has 0 radical (unpaired) electrons. The van der Waals surface area contributed by atoms with E-state index in [0.717, 1.165) is 33.8 Å². The van der Waals surface area contributed by atoms with E-state index < -0.39 is 28.5 Å². The number of sulfonamides is 1. The fourth-order valence-corrected chi connectivity index (χ4v) is 5.83. The molecule has 1 N–H and O–H groups in total. The molecule has 0 aliphatic heterocycles. The Kier molecular flexibility index (Phi) is 11.2. The minimum atomic E-state index is -4.13. The summed E-state index contributed by atoms with van der Waals surface area (Å²) in [5.41, 5.74) is 3.23. The van der Waals surface area contributed by atoms with Gasteiger partial charge in [-0.25, -0.2) is 8.42 Å². The van der Waals surface area contributed by atoms with Crippen LogP contribution in [0.2, 0.25) is 5.02 Å². The SMILES string of the molecule is CCCCNC(=O)C(CC)N(Cc1ccc(C)cc1)C(=O)CN(c1ccc(C)cc1)S(=O)(=O)c1ccc(Cl)cc1. The van der Waals surface area contributed by atoms with Gasteiger partial charge in [-0.15, -0.1) is 0 Å². The molecule has 9 heteroatoms. The average Bonchev–Trinajstić information content (AvgIpc) is 2.93. The predicted octanol–water partition coefficient (Wildman–Crippen LogP) is 5.88. The van der Waals surface area contributed by atoms with Gasteiger partial charge >= 0.3 is 0 Å². The third kappa shape index (κ3) is 8.08. The third-order valence-electron chi connectivity index (χ3n) is 6.69. The molecular formula is C31H38ClN3O4S. The minimum Gasteiger partial charge on any atom is -0.354 e. The van der Waals surface area contributed by atoms with Crippen LogP contribution in [0.3, 0.4) is 0 Å². The van der Waals surface area contributed by atoms with E-state index in [9.17, 15) is 18.0 Å². The van der Waals surface area contributed by atoms with Crippen LogP contribution in [0.5, 0.6) is 0 Å². The quantitative estimate of drug-likeness (QED) is 0.255. The largest absolute Gasteiger partial charge is 0.354 e. The fourth-order valence-electron chi connectivity index (χ4n) is 4.29. The average molecular weight is 584 g/mol. The normalized spacial score (nSPS) is 12.0. The van der Waals surface area contributed by atoms with Crippen LogP contribution < -0.4 is 9.62 Å². The zero-order valence-electron chi connectivity index (χ0n) is 23.6. The van der Waals surface area contributed by atoms with Crippen molar-refractivity contribution in [1.82, 2.24) is 10.2 Å². The van der Waals surface area contributed by atoms with Crippen LogP contribution in [0.1, 0.15) is 49.8 Å². The molecule has 1 unspecified atom stereocenters. The molecule has 0 bridgehead atoms. The summed E-state index contributed by atoms with van der Waals surface area (Å²) in [5, 5.41) is 3.34. The summed E-state index contributed by atoms with van der Waals surface area (Å²) in [6, 6.07) is 19.8. The second-order valence-corrected chi connectivity index (χ2v) is 12.2. The summed E-state index contributed by atoms with van der Waals surface area (Å²) in [5.74, 6) is -0.727. The first-order valence-electron chi connectivity index (χ1n) is 13.5. The maximum absolute atomic E-state index is 14.1. The van der Waals surface area contributed by atoms with Crippen molar-refractivity contribution in [3.63, 3.8) is 0 Å². The van der Waals surface area contributed by atoms with Gasteiger partial charge in [0.15, 0.2) is 0 Å². The van der Waals surface area contributed by atoms with Crippen LogP contribution in [0.15, 0.2) is 77.7 Å². The van der Waals surface area contributed by atoms with Gasteiger partial charge in [-0.2, -0.15) is 0 Å². The number of halogens is 1. The van der Waals surface area contributed by atoms with Crippen molar-refractivity contribution in [2.45, 2.75) is 64.4 Å². The molecule has 214 valence electrons. The van der Waals surface area contributed by atoms with Gasteiger partial charge in [0, 0.05) is 18.1 Å². The number of nitrogens with one attached hydrogen (secondary N) is 1. The molecule has 2 amide bonds. The number of hydrogen-bond donors (Lipinski definition) is 1. The van der Waals surface area contributed by atoms with E-state index in [1.807, 2.05) is 52.0 Å². The number of anilines is 1. The van der Waals surface area contributed by atoms with Gasteiger partial charge in [0.25, 0.3) is 10.0 Å². The molecule has 40 heavy (non-hydrogen) atoms. The number of benzene rings is 3. The van der Waals surface area contributed by atoms with Gasteiger partial charge in [0.05, 0.1) is 10.6 Å². The lowest BCUT2D eigenvalue weighted by atomic mass is 10.1. The van der Waals surface area contributed by atoms with E-state index in [4.69, 9.17) is 11.6 Å². The van der Waals surface area contributed by atoms with Crippen molar-refractivity contribution >= 4 is 39.1 Å². The van der Waals surface area contributed by atoms with Gasteiger partial charge in [0.1, 0.15) is 12.6 Å². The van der Waals surface area contributed by atoms with Gasteiger partial charge < -0.3 is 10.2 Å². The Morgan fingerprint density at radius 2 is 1.45 bits per heavy atom. The van der Waals surface area contributed by atoms with E-state index >= 15 is 0 Å². The first kappa shape index (κ1) is 31.2. The number of unbranched alkanes of at least 4 members (excludes halogenated alkanes) is 1. The van der Waals surface area contributed by atoms with Crippen molar-refractivity contribution < 1.29 is 18.0 Å². The summed E-state index contributed by atoms with van der Waals surface area (Å²) in [4.78, 5) is 28.8. The summed E-state index contributed by atoms with van der Waals surface area (Å²) in [6.45, 7) is 7.97. The Bertz CT molecular complexity index is 1380. The number of carbonyl (C=O) groups is 2. The Hall–Kier alpha value is -3.36. The number of hydrogen-bond acceptors (Lipinski definition) is 4. The molecule has 0 aliphatic carbocycles. The number of nitrogens with zero attached hydrogens (tertiary/aromatic N) is 2. The predicted molar refractivity (Wildman–Crippen MR) is 161 cm³/mol. The lowest BCUT2D eigenvalue weighted by Gasteiger charge is -2.33. The zero-order valence-corrected chi connectivity index (χ0v) is 25.1. The Labute approximate surface area is 243 Å². The van der Waals surface area contributed by atoms with Crippen molar-refractivity contribution in [3.05, 3.63) is 94.5 Å². The van der Waals surface area contributed by atoms with Crippen molar-refractivity contribution in [3.8, 4) is 0 Å². The standard InChI is InChI=1S/C31H38ClN3O4S/c1-5-7-20-33-31(37)29(6-2)34(21-25-12-8-23(3)9-13-25)30(36)22-35(27-16-10-24(4)11-17-27)40(38,39)28-18-14-26(32)15-19-28/h8-19,29H,5-7,20-22H2,1-4H3,(H,33,37). The summed E-state index contributed by atoms with van der Waals surface area (Å²) < 4.78 is 28.8. The van der Waals surface area contributed by atoms with E-state index in [2.05, 4.69) is 5.32 Å². The first-order valence-corrected chi connectivity index (χ1v) is 15.4. The minimum absolute atomic E-state index is 0.0136. The van der Waals surface area contributed by atoms with Crippen molar-refractivity contribution in [2.75, 3.05) is 17.4 Å². The Morgan fingerprint density at radius 1 is 0.875 bits per heavy atom. The highest BCUT2D eigenvalue weighted by Gasteiger charge is 2.33. The van der Waals surface area contributed by atoms with Gasteiger partial charge in [-0.1, -0.05) is 79.4 Å². The second-order valence-electron chi connectivity index (χ2n) is 9.88. The van der Waals surface area contributed by atoms with E-state index in [1.165, 1.54) is 29.2 Å². The molecular weight excluding hydrogens is 546 g/mol. The van der Waals surface area contributed by atoms with Gasteiger partial charge in [-0.05, 0) is 68.7 Å².